The number of rotatable bonds is 5. The van der Waals surface area contributed by atoms with Crippen molar-refractivity contribution >= 4 is 21.8 Å². The zero-order valence-electron chi connectivity index (χ0n) is 14.7. The number of hydrogen-bond acceptors (Lipinski definition) is 3. The van der Waals surface area contributed by atoms with E-state index < -0.39 is 10.0 Å². The van der Waals surface area contributed by atoms with Crippen molar-refractivity contribution in [2.45, 2.75) is 60.6 Å². The van der Waals surface area contributed by atoms with Crippen molar-refractivity contribution in [3.8, 4) is 0 Å². The van der Waals surface area contributed by atoms with Gasteiger partial charge in [0.05, 0.1) is 4.90 Å². The largest absolute Gasteiger partial charge is 0.240 e. The number of sulfonamides is 1. The van der Waals surface area contributed by atoms with Crippen LogP contribution in [0, 0.1) is 13.8 Å². The van der Waals surface area contributed by atoms with E-state index in [9.17, 15) is 8.42 Å². The van der Waals surface area contributed by atoms with Crippen LogP contribution < -0.4 is 4.72 Å². The number of hydrogen-bond donors (Lipinski definition) is 1. The molecule has 0 bridgehead atoms. The molecule has 0 spiro atoms. The molecule has 1 aliphatic rings. The maximum Gasteiger partial charge on any atom is 0.240 e. The Morgan fingerprint density at radius 1 is 0.880 bits per heavy atom. The summed E-state index contributed by atoms with van der Waals surface area (Å²) in [5, 5.41) is 0.275. The van der Waals surface area contributed by atoms with Gasteiger partial charge in [0.1, 0.15) is 0 Å². The molecule has 2 aromatic rings. The Morgan fingerprint density at radius 2 is 1.44 bits per heavy atom. The Kier molecular flexibility index (Phi) is 5.87. The van der Waals surface area contributed by atoms with E-state index in [4.69, 9.17) is 0 Å². The Morgan fingerprint density at radius 3 is 2.08 bits per heavy atom. The molecule has 2 unspecified atom stereocenters. The SMILES string of the molecule is Cc1ccc(SC2CCCCC2NS(=O)(=O)c2ccc(C)cc2)cc1. The second-order valence-corrected chi connectivity index (χ2v) is 9.82. The zero-order valence-corrected chi connectivity index (χ0v) is 16.4. The molecule has 3 nitrogen and oxygen atoms in total. The van der Waals surface area contributed by atoms with Crippen molar-refractivity contribution in [3.05, 3.63) is 59.7 Å². The summed E-state index contributed by atoms with van der Waals surface area (Å²) in [7, 11) is -3.47. The first-order chi connectivity index (χ1) is 11.9. The quantitative estimate of drug-likeness (QED) is 0.825. The average Bonchev–Trinajstić information content (AvgIpc) is 2.59. The average molecular weight is 376 g/mol. The fourth-order valence-electron chi connectivity index (χ4n) is 3.15. The van der Waals surface area contributed by atoms with Crippen molar-refractivity contribution in [1.29, 1.82) is 0 Å². The molecule has 1 fully saturated rings. The normalized spacial score (nSPS) is 21.2. The van der Waals surface area contributed by atoms with Crippen molar-refractivity contribution in [1.82, 2.24) is 4.72 Å². The molecule has 2 atom stereocenters. The Bertz CT molecular complexity index is 799. The number of nitrogens with one attached hydrogen (secondary N) is 1. The highest BCUT2D eigenvalue weighted by atomic mass is 32.2. The molecule has 0 amide bonds. The fourth-order valence-corrected chi connectivity index (χ4v) is 5.84. The van der Waals surface area contributed by atoms with E-state index in [2.05, 4.69) is 35.9 Å². The van der Waals surface area contributed by atoms with Crippen molar-refractivity contribution in [2.75, 3.05) is 0 Å². The van der Waals surface area contributed by atoms with Crippen molar-refractivity contribution in [3.63, 3.8) is 0 Å². The number of thioether (sulfide) groups is 1. The first-order valence-electron chi connectivity index (χ1n) is 8.76. The highest BCUT2D eigenvalue weighted by Gasteiger charge is 2.30. The van der Waals surface area contributed by atoms with Crippen molar-refractivity contribution < 1.29 is 8.42 Å². The molecular formula is C20H25NO2S2. The van der Waals surface area contributed by atoms with Crippen LogP contribution in [-0.2, 0) is 10.0 Å². The second-order valence-electron chi connectivity index (χ2n) is 6.79. The minimum absolute atomic E-state index is 0.0219. The smallest absolute Gasteiger partial charge is 0.207 e. The molecular weight excluding hydrogens is 350 g/mol. The summed E-state index contributed by atoms with van der Waals surface area (Å²) in [6.07, 6.45) is 4.17. The van der Waals surface area contributed by atoms with E-state index in [-0.39, 0.29) is 11.3 Å². The van der Waals surface area contributed by atoms with E-state index in [1.807, 2.05) is 19.1 Å². The summed E-state index contributed by atoms with van der Waals surface area (Å²) in [6.45, 7) is 4.03. The van der Waals surface area contributed by atoms with Gasteiger partial charge in [-0.15, -0.1) is 11.8 Å². The molecule has 2 aromatic carbocycles. The van der Waals surface area contributed by atoms with E-state index in [1.54, 1.807) is 23.9 Å². The number of benzene rings is 2. The predicted molar refractivity (Wildman–Crippen MR) is 105 cm³/mol. The summed E-state index contributed by atoms with van der Waals surface area (Å²) >= 11 is 1.79. The third kappa shape index (κ3) is 4.87. The predicted octanol–water partition coefficient (Wildman–Crippen LogP) is 4.69. The van der Waals surface area contributed by atoms with Gasteiger partial charge in [-0.25, -0.2) is 13.1 Å². The zero-order chi connectivity index (χ0) is 17.9. The van der Waals surface area contributed by atoms with Crippen LogP contribution in [0.1, 0.15) is 36.8 Å². The molecule has 0 saturated heterocycles. The lowest BCUT2D eigenvalue weighted by atomic mass is 9.96. The molecule has 1 saturated carbocycles. The Hall–Kier alpha value is -1.30. The monoisotopic (exact) mass is 375 g/mol. The van der Waals surface area contributed by atoms with Gasteiger partial charge in [-0.1, -0.05) is 48.2 Å². The molecule has 1 N–H and O–H groups in total. The van der Waals surface area contributed by atoms with E-state index in [0.717, 1.165) is 31.2 Å². The van der Waals surface area contributed by atoms with Gasteiger partial charge in [0, 0.05) is 16.2 Å². The lowest BCUT2D eigenvalue weighted by Gasteiger charge is -2.31. The van der Waals surface area contributed by atoms with Gasteiger partial charge in [0.25, 0.3) is 0 Å². The Labute approximate surface area is 155 Å². The van der Waals surface area contributed by atoms with Crippen LogP contribution in [0.3, 0.4) is 0 Å². The van der Waals surface area contributed by atoms with E-state index in [1.165, 1.54) is 10.5 Å². The van der Waals surface area contributed by atoms with Crippen LogP contribution >= 0.6 is 11.8 Å². The van der Waals surface area contributed by atoms with E-state index >= 15 is 0 Å². The van der Waals surface area contributed by atoms with Gasteiger partial charge in [-0.2, -0.15) is 0 Å². The molecule has 0 aliphatic heterocycles. The lowest BCUT2D eigenvalue weighted by Crippen LogP contribution is -2.43. The summed E-state index contributed by atoms with van der Waals surface area (Å²) in [4.78, 5) is 1.56. The maximum absolute atomic E-state index is 12.7. The van der Waals surface area contributed by atoms with E-state index in [0.29, 0.717) is 4.90 Å². The first kappa shape index (κ1) is 18.5. The molecule has 134 valence electrons. The molecule has 5 heteroatoms. The van der Waals surface area contributed by atoms with Gasteiger partial charge in [0.15, 0.2) is 0 Å². The van der Waals surface area contributed by atoms with Gasteiger partial charge in [-0.05, 0) is 51.0 Å². The third-order valence-electron chi connectivity index (χ3n) is 4.65. The van der Waals surface area contributed by atoms with Crippen molar-refractivity contribution in [2.24, 2.45) is 0 Å². The Balaban J connectivity index is 1.74. The van der Waals surface area contributed by atoms with Gasteiger partial charge >= 0.3 is 0 Å². The van der Waals surface area contributed by atoms with Crippen LogP contribution in [0.4, 0.5) is 0 Å². The van der Waals surface area contributed by atoms with Crippen LogP contribution in [0.15, 0.2) is 58.3 Å². The topological polar surface area (TPSA) is 46.2 Å². The molecule has 0 aromatic heterocycles. The molecule has 0 radical (unpaired) electrons. The van der Waals surface area contributed by atoms with Crippen LogP contribution in [-0.4, -0.2) is 19.7 Å². The highest BCUT2D eigenvalue weighted by molar-refractivity contribution is 8.00. The van der Waals surface area contributed by atoms with Crippen LogP contribution in [0.5, 0.6) is 0 Å². The first-order valence-corrected chi connectivity index (χ1v) is 11.1. The van der Waals surface area contributed by atoms with Gasteiger partial charge in [-0.3, -0.25) is 0 Å². The van der Waals surface area contributed by atoms with Crippen LogP contribution in [0.25, 0.3) is 0 Å². The minimum atomic E-state index is -3.47. The molecule has 25 heavy (non-hydrogen) atoms. The third-order valence-corrected chi connectivity index (χ3v) is 7.57. The second kappa shape index (κ2) is 7.94. The maximum atomic E-state index is 12.7. The lowest BCUT2D eigenvalue weighted by molar-refractivity contribution is 0.423. The summed E-state index contributed by atoms with van der Waals surface area (Å²) in [5.41, 5.74) is 2.30. The number of aryl methyl sites for hydroxylation is 2. The fraction of sp³-hybridized carbons (Fsp3) is 0.400. The van der Waals surface area contributed by atoms with Gasteiger partial charge in [0.2, 0.25) is 10.0 Å². The standard InChI is InChI=1S/C20H25NO2S2/c1-15-7-11-17(12-8-15)24-20-6-4-3-5-19(20)21-25(22,23)18-13-9-16(2)10-14-18/h7-14,19-21H,3-6H2,1-2H3. The molecule has 3 rings (SSSR count). The summed E-state index contributed by atoms with van der Waals surface area (Å²) in [5.74, 6) is 0. The molecule has 0 heterocycles. The molecule has 1 aliphatic carbocycles. The summed E-state index contributed by atoms with van der Waals surface area (Å²) in [6, 6.07) is 15.5. The highest BCUT2D eigenvalue weighted by Crippen LogP contribution is 2.34. The van der Waals surface area contributed by atoms with Crippen LogP contribution in [0.2, 0.25) is 0 Å². The summed E-state index contributed by atoms with van der Waals surface area (Å²) < 4.78 is 28.4. The van der Waals surface area contributed by atoms with Gasteiger partial charge < -0.3 is 0 Å². The minimum Gasteiger partial charge on any atom is -0.207 e.